The van der Waals surface area contributed by atoms with Crippen LogP contribution >= 0.6 is 0 Å². The summed E-state index contributed by atoms with van der Waals surface area (Å²) in [7, 11) is 0. The summed E-state index contributed by atoms with van der Waals surface area (Å²) < 4.78 is 5.71. The topological polar surface area (TPSA) is 21.3 Å². The standard InChI is InChI=1S/C16H23NO/c1-12-6-7-13(8-12)9-17-10-14-11-18-16-5-3-2-4-15(14)16/h2-5,12-14,17H,6-11H2,1H3. The molecule has 2 nitrogen and oxygen atoms in total. The third kappa shape index (κ3) is 2.54. The fraction of sp³-hybridized carbons (Fsp3) is 0.625. The van der Waals surface area contributed by atoms with Crippen molar-refractivity contribution < 1.29 is 4.74 Å². The predicted molar refractivity (Wildman–Crippen MR) is 74.1 cm³/mol. The fourth-order valence-electron chi connectivity index (χ4n) is 3.37. The van der Waals surface area contributed by atoms with Gasteiger partial charge in [0.15, 0.2) is 0 Å². The second-order valence-electron chi connectivity index (χ2n) is 5.99. The van der Waals surface area contributed by atoms with E-state index in [2.05, 4.69) is 36.5 Å². The van der Waals surface area contributed by atoms with Crippen LogP contribution in [0.25, 0.3) is 0 Å². The van der Waals surface area contributed by atoms with Crippen LogP contribution in [0, 0.1) is 11.8 Å². The first-order valence-electron chi connectivity index (χ1n) is 7.25. The minimum absolute atomic E-state index is 0.542. The van der Waals surface area contributed by atoms with Gasteiger partial charge in [-0.25, -0.2) is 0 Å². The van der Waals surface area contributed by atoms with Crippen LogP contribution < -0.4 is 10.1 Å². The number of hydrogen-bond donors (Lipinski definition) is 1. The maximum absolute atomic E-state index is 5.71. The maximum Gasteiger partial charge on any atom is 0.122 e. The van der Waals surface area contributed by atoms with Crippen LogP contribution in [0.3, 0.4) is 0 Å². The number of benzene rings is 1. The molecular formula is C16H23NO. The number of ether oxygens (including phenoxy) is 1. The molecule has 1 aromatic rings. The highest BCUT2D eigenvalue weighted by Crippen LogP contribution is 2.33. The number of nitrogens with one attached hydrogen (secondary N) is 1. The Bertz CT molecular complexity index is 404. The minimum atomic E-state index is 0.542. The Hall–Kier alpha value is -1.02. The average Bonchev–Trinajstić information content (AvgIpc) is 2.97. The van der Waals surface area contributed by atoms with E-state index in [1.165, 1.54) is 31.4 Å². The molecule has 0 spiro atoms. The highest BCUT2D eigenvalue weighted by Gasteiger charge is 2.24. The van der Waals surface area contributed by atoms with Crippen LogP contribution in [0.15, 0.2) is 24.3 Å². The summed E-state index contributed by atoms with van der Waals surface area (Å²) in [5.74, 6) is 3.46. The van der Waals surface area contributed by atoms with E-state index in [-0.39, 0.29) is 0 Å². The molecule has 2 aliphatic rings. The zero-order valence-electron chi connectivity index (χ0n) is 11.2. The quantitative estimate of drug-likeness (QED) is 0.879. The molecule has 1 heterocycles. The summed E-state index contributed by atoms with van der Waals surface area (Å²) in [4.78, 5) is 0. The molecule has 1 aliphatic heterocycles. The number of hydrogen-bond acceptors (Lipinski definition) is 2. The third-order valence-corrected chi connectivity index (χ3v) is 4.43. The van der Waals surface area contributed by atoms with E-state index < -0.39 is 0 Å². The van der Waals surface area contributed by atoms with Crippen molar-refractivity contribution in [3.8, 4) is 5.75 Å². The van der Waals surface area contributed by atoms with Crippen LogP contribution in [-0.4, -0.2) is 19.7 Å². The Morgan fingerprint density at radius 2 is 2.11 bits per heavy atom. The van der Waals surface area contributed by atoms with E-state index in [0.717, 1.165) is 30.7 Å². The molecule has 18 heavy (non-hydrogen) atoms. The second-order valence-corrected chi connectivity index (χ2v) is 5.99. The van der Waals surface area contributed by atoms with Gasteiger partial charge in [0.2, 0.25) is 0 Å². The smallest absolute Gasteiger partial charge is 0.122 e. The van der Waals surface area contributed by atoms with Gasteiger partial charge in [0.25, 0.3) is 0 Å². The zero-order chi connectivity index (χ0) is 12.4. The molecule has 1 saturated carbocycles. The molecule has 0 amide bonds. The van der Waals surface area contributed by atoms with Crippen LogP contribution in [0.2, 0.25) is 0 Å². The number of fused-ring (bicyclic) bond motifs is 1. The van der Waals surface area contributed by atoms with Crippen LogP contribution in [0.1, 0.15) is 37.7 Å². The monoisotopic (exact) mass is 245 g/mol. The lowest BCUT2D eigenvalue weighted by atomic mass is 10.0. The molecule has 1 N–H and O–H groups in total. The lowest BCUT2D eigenvalue weighted by Crippen LogP contribution is -2.27. The van der Waals surface area contributed by atoms with E-state index in [0.29, 0.717) is 5.92 Å². The van der Waals surface area contributed by atoms with Crippen molar-refractivity contribution in [3.05, 3.63) is 29.8 Å². The largest absolute Gasteiger partial charge is 0.493 e. The summed E-state index contributed by atoms with van der Waals surface area (Å²) >= 11 is 0. The molecule has 0 radical (unpaired) electrons. The van der Waals surface area contributed by atoms with Crippen molar-refractivity contribution in [2.24, 2.45) is 11.8 Å². The molecule has 1 aliphatic carbocycles. The molecule has 0 bridgehead atoms. The summed E-state index contributed by atoms with van der Waals surface area (Å²) in [5, 5.41) is 3.65. The Kier molecular flexibility index (Phi) is 3.55. The van der Waals surface area contributed by atoms with Crippen molar-refractivity contribution in [2.75, 3.05) is 19.7 Å². The molecule has 98 valence electrons. The van der Waals surface area contributed by atoms with Gasteiger partial charge in [0, 0.05) is 18.0 Å². The number of para-hydroxylation sites is 1. The molecule has 0 aromatic heterocycles. The lowest BCUT2D eigenvalue weighted by molar-refractivity contribution is 0.323. The van der Waals surface area contributed by atoms with Crippen LogP contribution in [-0.2, 0) is 0 Å². The van der Waals surface area contributed by atoms with E-state index in [1.54, 1.807) is 0 Å². The van der Waals surface area contributed by atoms with Gasteiger partial charge in [-0.3, -0.25) is 0 Å². The van der Waals surface area contributed by atoms with Crippen molar-refractivity contribution >= 4 is 0 Å². The SMILES string of the molecule is CC1CCC(CNCC2COc3ccccc32)C1. The Balaban J connectivity index is 1.47. The molecule has 1 fully saturated rings. The van der Waals surface area contributed by atoms with E-state index >= 15 is 0 Å². The molecule has 3 rings (SSSR count). The van der Waals surface area contributed by atoms with Gasteiger partial charge in [-0.1, -0.05) is 31.5 Å². The molecular weight excluding hydrogens is 222 g/mol. The maximum atomic E-state index is 5.71. The summed E-state index contributed by atoms with van der Waals surface area (Å²) in [6.45, 7) is 5.46. The lowest BCUT2D eigenvalue weighted by Gasteiger charge is -2.14. The Morgan fingerprint density at radius 3 is 2.94 bits per heavy atom. The first-order valence-corrected chi connectivity index (χ1v) is 7.25. The van der Waals surface area contributed by atoms with Gasteiger partial charge >= 0.3 is 0 Å². The highest BCUT2D eigenvalue weighted by atomic mass is 16.5. The van der Waals surface area contributed by atoms with Crippen molar-refractivity contribution in [2.45, 2.75) is 32.1 Å². The van der Waals surface area contributed by atoms with Gasteiger partial charge in [0.05, 0.1) is 6.61 Å². The first-order chi connectivity index (χ1) is 8.83. The van der Waals surface area contributed by atoms with Gasteiger partial charge in [-0.2, -0.15) is 0 Å². The molecule has 1 aromatic carbocycles. The van der Waals surface area contributed by atoms with E-state index in [1.807, 2.05) is 0 Å². The molecule has 2 heteroatoms. The van der Waals surface area contributed by atoms with E-state index in [9.17, 15) is 0 Å². The first kappa shape index (κ1) is 12.0. The average molecular weight is 245 g/mol. The summed E-state index contributed by atoms with van der Waals surface area (Å²) in [6.07, 6.45) is 4.23. The Labute approximate surface area is 110 Å². The second kappa shape index (κ2) is 5.31. The zero-order valence-corrected chi connectivity index (χ0v) is 11.2. The Morgan fingerprint density at radius 1 is 1.22 bits per heavy atom. The van der Waals surface area contributed by atoms with Gasteiger partial charge in [-0.15, -0.1) is 0 Å². The van der Waals surface area contributed by atoms with Gasteiger partial charge in [0.1, 0.15) is 5.75 Å². The minimum Gasteiger partial charge on any atom is -0.493 e. The van der Waals surface area contributed by atoms with Crippen molar-refractivity contribution in [1.82, 2.24) is 5.32 Å². The molecule has 3 atom stereocenters. The van der Waals surface area contributed by atoms with Crippen molar-refractivity contribution in [1.29, 1.82) is 0 Å². The van der Waals surface area contributed by atoms with Gasteiger partial charge < -0.3 is 10.1 Å². The molecule has 3 unspecified atom stereocenters. The molecule has 0 saturated heterocycles. The predicted octanol–water partition coefficient (Wildman–Crippen LogP) is 3.19. The summed E-state index contributed by atoms with van der Waals surface area (Å²) in [6, 6.07) is 8.44. The van der Waals surface area contributed by atoms with Gasteiger partial charge in [-0.05, 0) is 37.3 Å². The van der Waals surface area contributed by atoms with Crippen LogP contribution in [0.4, 0.5) is 0 Å². The highest BCUT2D eigenvalue weighted by molar-refractivity contribution is 5.39. The summed E-state index contributed by atoms with van der Waals surface area (Å²) in [5.41, 5.74) is 1.38. The van der Waals surface area contributed by atoms with Crippen LogP contribution in [0.5, 0.6) is 5.75 Å². The van der Waals surface area contributed by atoms with Crippen molar-refractivity contribution in [3.63, 3.8) is 0 Å². The third-order valence-electron chi connectivity index (χ3n) is 4.43. The fourth-order valence-corrected chi connectivity index (χ4v) is 3.37. The normalized spacial score (nSPS) is 30.2. The van der Waals surface area contributed by atoms with E-state index in [4.69, 9.17) is 4.74 Å². The number of rotatable bonds is 4.